The summed E-state index contributed by atoms with van der Waals surface area (Å²) in [5, 5.41) is -0.246. The van der Waals surface area contributed by atoms with Crippen molar-refractivity contribution >= 4 is 17.7 Å². The molecule has 0 aromatic heterocycles. The third kappa shape index (κ3) is 3.38. The summed E-state index contributed by atoms with van der Waals surface area (Å²) in [4.78, 5) is 13.9. The van der Waals surface area contributed by atoms with Crippen LogP contribution in [0.2, 0.25) is 0 Å². The quantitative estimate of drug-likeness (QED) is 0.813. The first-order chi connectivity index (χ1) is 11.6. The normalized spacial score (nSPS) is 17.4. The zero-order valence-electron chi connectivity index (χ0n) is 13.2. The Morgan fingerprint density at radius 1 is 1.25 bits per heavy atom. The van der Waals surface area contributed by atoms with Crippen LogP contribution in [0.3, 0.4) is 0 Å². The molecule has 6 heteroatoms. The van der Waals surface area contributed by atoms with Crippen LogP contribution in [-0.4, -0.2) is 23.2 Å². The molecule has 24 heavy (non-hydrogen) atoms. The second-order valence-electron chi connectivity index (χ2n) is 5.39. The summed E-state index contributed by atoms with van der Waals surface area (Å²) in [6.07, 6.45) is 0. The number of carbonyl (C=O) groups excluding carboxylic acids is 1. The maximum Gasteiger partial charge on any atom is 0.234 e. The number of benzene rings is 2. The Morgan fingerprint density at radius 3 is 2.79 bits per heavy atom. The molecule has 0 radical (unpaired) electrons. The summed E-state index contributed by atoms with van der Waals surface area (Å²) in [6, 6.07) is 11.0. The van der Waals surface area contributed by atoms with Crippen LogP contribution in [0.25, 0.3) is 0 Å². The van der Waals surface area contributed by atoms with E-state index in [0.717, 1.165) is 17.4 Å². The summed E-state index contributed by atoms with van der Waals surface area (Å²) in [5.41, 5.74) is 1.18. The lowest BCUT2D eigenvalue weighted by Gasteiger charge is -2.26. The van der Waals surface area contributed by atoms with Gasteiger partial charge in [0.15, 0.2) is 0 Å². The Balaban J connectivity index is 1.90. The van der Waals surface area contributed by atoms with Crippen molar-refractivity contribution in [1.29, 1.82) is 0 Å². The predicted octanol–water partition coefficient (Wildman–Crippen LogP) is 4.14. The molecule has 1 fully saturated rings. The van der Waals surface area contributed by atoms with E-state index in [9.17, 15) is 13.6 Å². The lowest BCUT2D eigenvalue weighted by molar-refractivity contribution is -0.128. The number of hydrogen-bond donors (Lipinski definition) is 0. The monoisotopic (exact) mass is 349 g/mol. The zero-order chi connectivity index (χ0) is 17.1. The van der Waals surface area contributed by atoms with Crippen molar-refractivity contribution in [3.63, 3.8) is 0 Å². The molecule has 2 aromatic carbocycles. The Labute approximate surface area is 143 Å². The van der Waals surface area contributed by atoms with E-state index >= 15 is 0 Å². The average Bonchev–Trinajstić information content (AvgIpc) is 2.92. The summed E-state index contributed by atoms with van der Waals surface area (Å²) >= 11 is 1.48. The molecule has 126 valence electrons. The summed E-state index contributed by atoms with van der Waals surface area (Å²) < 4.78 is 32.7. The number of halogens is 2. The number of nitrogens with zero attached hydrogens (tertiary/aromatic N) is 1. The van der Waals surface area contributed by atoms with Gasteiger partial charge in [0.05, 0.1) is 18.9 Å². The largest absolute Gasteiger partial charge is 0.493 e. The molecule has 3 nitrogen and oxygen atoms in total. The SMILES string of the molecule is CCOc1ccccc1C1SCC(=O)N1Cc1ccc(F)cc1F. The minimum Gasteiger partial charge on any atom is -0.493 e. The second kappa shape index (κ2) is 7.21. The van der Waals surface area contributed by atoms with Gasteiger partial charge in [-0.05, 0) is 19.1 Å². The molecule has 0 bridgehead atoms. The number of carbonyl (C=O) groups is 1. The molecule has 2 aromatic rings. The van der Waals surface area contributed by atoms with Gasteiger partial charge in [-0.15, -0.1) is 11.8 Å². The molecular formula is C18H17F2NO2S. The topological polar surface area (TPSA) is 29.5 Å². The van der Waals surface area contributed by atoms with Gasteiger partial charge in [0.2, 0.25) is 5.91 Å². The molecule has 0 N–H and O–H groups in total. The maximum atomic E-state index is 14.0. The van der Waals surface area contributed by atoms with Gasteiger partial charge in [-0.2, -0.15) is 0 Å². The Morgan fingerprint density at radius 2 is 2.04 bits per heavy atom. The van der Waals surface area contributed by atoms with Gasteiger partial charge in [-0.1, -0.05) is 24.3 Å². The molecule has 1 amide bonds. The van der Waals surface area contributed by atoms with E-state index in [-0.39, 0.29) is 17.8 Å². The Hall–Kier alpha value is -2.08. The fourth-order valence-electron chi connectivity index (χ4n) is 2.69. The van der Waals surface area contributed by atoms with Crippen LogP contribution in [0, 0.1) is 11.6 Å². The van der Waals surface area contributed by atoms with Crippen LogP contribution in [0.15, 0.2) is 42.5 Å². The fraction of sp³-hybridized carbons (Fsp3) is 0.278. The van der Waals surface area contributed by atoms with Gasteiger partial charge >= 0.3 is 0 Å². The van der Waals surface area contributed by atoms with E-state index < -0.39 is 11.6 Å². The highest BCUT2D eigenvalue weighted by Gasteiger charge is 2.34. The first kappa shape index (κ1) is 16.8. The van der Waals surface area contributed by atoms with Gasteiger partial charge in [-0.3, -0.25) is 4.79 Å². The highest BCUT2D eigenvalue weighted by molar-refractivity contribution is 8.00. The van der Waals surface area contributed by atoms with E-state index in [1.807, 2.05) is 31.2 Å². The summed E-state index contributed by atoms with van der Waals surface area (Å²) in [7, 11) is 0. The van der Waals surface area contributed by atoms with Crippen LogP contribution in [-0.2, 0) is 11.3 Å². The Kier molecular flexibility index (Phi) is 5.04. The molecule has 0 aliphatic carbocycles. The number of para-hydroxylation sites is 1. The van der Waals surface area contributed by atoms with Crippen LogP contribution >= 0.6 is 11.8 Å². The smallest absolute Gasteiger partial charge is 0.234 e. The number of amides is 1. The minimum atomic E-state index is -0.642. The van der Waals surface area contributed by atoms with Crippen molar-refractivity contribution in [2.45, 2.75) is 18.8 Å². The van der Waals surface area contributed by atoms with Crippen molar-refractivity contribution in [3.05, 3.63) is 65.2 Å². The van der Waals surface area contributed by atoms with Crippen molar-refractivity contribution in [2.75, 3.05) is 12.4 Å². The van der Waals surface area contributed by atoms with E-state index in [4.69, 9.17) is 4.74 Å². The van der Waals surface area contributed by atoms with E-state index in [0.29, 0.717) is 17.9 Å². The first-order valence-corrected chi connectivity index (χ1v) is 8.71. The molecule has 1 heterocycles. The molecule has 1 saturated heterocycles. The molecule has 1 atom stereocenters. The van der Waals surface area contributed by atoms with Gasteiger partial charge < -0.3 is 9.64 Å². The minimum absolute atomic E-state index is 0.0694. The van der Waals surface area contributed by atoms with Crippen molar-refractivity contribution in [3.8, 4) is 5.75 Å². The van der Waals surface area contributed by atoms with Crippen LogP contribution < -0.4 is 4.74 Å². The predicted molar refractivity (Wildman–Crippen MR) is 89.7 cm³/mol. The third-order valence-corrected chi connectivity index (χ3v) is 5.05. The number of hydrogen-bond acceptors (Lipinski definition) is 3. The molecule has 3 rings (SSSR count). The van der Waals surface area contributed by atoms with Gasteiger partial charge in [0.1, 0.15) is 22.8 Å². The first-order valence-electron chi connectivity index (χ1n) is 7.67. The lowest BCUT2D eigenvalue weighted by atomic mass is 10.1. The molecule has 0 spiro atoms. The number of ether oxygens (including phenoxy) is 1. The van der Waals surface area contributed by atoms with Gasteiger partial charge in [0, 0.05) is 17.2 Å². The van der Waals surface area contributed by atoms with E-state index in [2.05, 4.69) is 0 Å². The number of thioether (sulfide) groups is 1. The Bertz CT molecular complexity index is 754. The van der Waals surface area contributed by atoms with Crippen LogP contribution in [0.4, 0.5) is 8.78 Å². The highest BCUT2D eigenvalue weighted by Crippen LogP contribution is 2.43. The van der Waals surface area contributed by atoms with Gasteiger partial charge in [-0.25, -0.2) is 8.78 Å². The van der Waals surface area contributed by atoms with E-state index in [1.165, 1.54) is 23.9 Å². The van der Waals surface area contributed by atoms with Gasteiger partial charge in [0.25, 0.3) is 0 Å². The molecule has 1 unspecified atom stereocenters. The zero-order valence-corrected chi connectivity index (χ0v) is 14.0. The van der Waals surface area contributed by atoms with Crippen molar-refractivity contribution in [1.82, 2.24) is 4.90 Å². The second-order valence-corrected chi connectivity index (χ2v) is 6.46. The fourth-order valence-corrected chi connectivity index (χ4v) is 3.90. The highest BCUT2D eigenvalue weighted by atomic mass is 32.2. The molecule has 1 aliphatic heterocycles. The lowest BCUT2D eigenvalue weighted by Crippen LogP contribution is -2.28. The number of rotatable bonds is 5. The van der Waals surface area contributed by atoms with Crippen molar-refractivity contribution < 1.29 is 18.3 Å². The van der Waals surface area contributed by atoms with Crippen molar-refractivity contribution in [2.24, 2.45) is 0 Å². The summed E-state index contributed by atoms with van der Waals surface area (Å²) in [6.45, 7) is 2.52. The average molecular weight is 349 g/mol. The maximum absolute atomic E-state index is 14.0. The molecule has 1 aliphatic rings. The molecule has 0 saturated carbocycles. The summed E-state index contributed by atoms with van der Waals surface area (Å²) in [5.74, 6) is -0.293. The third-order valence-electron chi connectivity index (χ3n) is 3.81. The van der Waals surface area contributed by atoms with E-state index in [1.54, 1.807) is 4.90 Å². The van der Waals surface area contributed by atoms with Crippen LogP contribution in [0.1, 0.15) is 23.4 Å². The van der Waals surface area contributed by atoms with Crippen LogP contribution in [0.5, 0.6) is 5.75 Å². The standard InChI is InChI=1S/C18H17F2NO2S/c1-2-23-16-6-4-3-5-14(16)18-21(17(22)11-24-18)10-12-7-8-13(19)9-15(12)20/h3-9,18H,2,10-11H2,1H3. The molecular weight excluding hydrogens is 332 g/mol.